The van der Waals surface area contributed by atoms with Crippen molar-refractivity contribution in [2.45, 2.75) is 52.5 Å². The van der Waals surface area contributed by atoms with Gasteiger partial charge in [0.2, 0.25) is 0 Å². The van der Waals surface area contributed by atoms with Gasteiger partial charge in [0.25, 0.3) is 0 Å². The third-order valence-electron chi connectivity index (χ3n) is 3.01. The predicted molar refractivity (Wildman–Crippen MR) is 58.6 cm³/mol. The molecule has 1 unspecified atom stereocenters. The zero-order valence-corrected chi connectivity index (χ0v) is 9.34. The summed E-state index contributed by atoms with van der Waals surface area (Å²) in [5.41, 5.74) is 1.36. The van der Waals surface area contributed by atoms with Crippen molar-refractivity contribution in [1.29, 1.82) is 0 Å². The van der Waals surface area contributed by atoms with E-state index >= 15 is 0 Å². The van der Waals surface area contributed by atoms with Crippen LogP contribution in [0.5, 0.6) is 0 Å². The van der Waals surface area contributed by atoms with Gasteiger partial charge in [-0.15, -0.1) is 0 Å². The molecular formula is C12H23N. The first kappa shape index (κ1) is 10.6. The zero-order chi connectivity index (χ0) is 9.84. The monoisotopic (exact) mass is 181 g/mol. The second-order valence-electron chi connectivity index (χ2n) is 4.46. The van der Waals surface area contributed by atoms with E-state index in [0.717, 1.165) is 12.0 Å². The van der Waals surface area contributed by atoms with E-state index in [-0.39, 0.29) is 0 Å². The van der Waals surface area contributed by atoms with Crippen LogP contribution in [0.2, 0.25) is 0 Å². The van der Waals surface area contributed by atoms with E-state index in [1.807, 2.05) is 0 Å². The molecule has 13 heavy (non-hydrogen) atoms. The molecule has 1 heteroatoms. The van der Waals surface area contributed by atoms with Crippen LogP contribution in [0.1, 0.15) is 46.5 Å². The second-order valence-corrected chi connectivity index (χ2v) is 4.46. The maximum absolute atomic E-state index is 4.19. The summed E-state index contributed by atoms with van der Waals surface area (Å²) in [6.07, 6.45) is 5.11. The highest BCUT2D eigenvalue weighted by Crippen LogP contribution is 2.28. The van der Waals surface area contributed by atoms with E-state index in [4.69, 9.17) is 0 Å². The van der Waals surface area contributed by atoms with Crippen molar-refractivity contribution < 1.29 is 0 Å². The SMILES string of the molecule is C=C(CCC)N1CCCC1C(C)C. The van der Waals surface area contributed by atoms with Crippen molar-refractivity contribution in [3.8, 4) is 0 Å². The van der Waals surface area contributed by atoms with E-state index in [1.54, 1.807) is 0 Å². The van der Waals surface area contributed by atoms with Gasteiger partial charge in [0.05, 0.1) is 0 Å². The van der Waals surface area contributed by atoms with Crippen LogP contribution in [0, 0.1) is 5.92 Å². The van der Waals surface area contributed by atoms with Gasteiger partial charge in [-0.2, -0.15) is 0 Å². The minimum Gasteiger partial charge on any atom is -0.372 e. The Morgan fingerprint density at radius 2 is 2.23 bits per heavy atom. The summed E-state index contributed by atoms with van der Waals surface area (Å²) < 4.78 is 0. The van der Waals surface area contributed by atoms with Crippen LogP contribution in [0.4, 0.5) is 0 Å². The molecule has 0 saturated carbocycles. The van der Waals surface area contributed by atoms with Gasteiger partial charge in [-0.1, -0.05) is 33.8 Å². The molecule has 0 radical (unpaired) electrons. The molecular weight excluding hydrogens is 158 g/mol. The Balaban J connectivity index is 2.52. The molecule has 0 aromatic carbocycles. The van der Waals surface area contributed by atoms with E-state index in [2.05, 4.69) is 32.3 Å². The normalized spacial score (nSPS) is 22.8. The summed E-state index contributed by atoms with van der Waals surface area (Å²) in [6, 6.07) is 0.763. The lowest BCUT2D eigenvalue weighted by molar-refractivity contribution is 0.251. The van der Waals surface area contributed by atoms with Crippen LogP contribution < -0.4 is 0 Å². The molecule has 0 N–H and O–H groups in total. The predicted octanol–water partition coefficient (Wildman–Crippen LogP) is 3.42. The second kappa shape index (κ2) is 4.69. The molecule has 1 rings (SSSR count). The highest BCUT2D eigenvalue weighted by molar-refractivity contribution is 5.00. The van der Waals surface area contributed by atoms with Crippen LogP contribution in [0.15, 0.2) is 12.3 Å². The molecule has 1 nitrogen and oxygen atoms in total. The maximum atomic E-state index is 4.19. The zero-order valence-electron chi connectivity index (χ0n) is 9.34. The van der Waals surface area contributed by atoms with Crippen LogP contribution in [-0.2, 0) is 0 Å². The quantitative estimate of drug-likeness (QED) is 0.642. The van der Waals surface area contributed by atoms with Crippen molar-refractivity contribution >= 4 is 0 Å². The summed E-state index contributed by atoms with van der Waals surface area (Å²) in [7, 11) is 0. The topological polar surface area (TPSA) is 3.24 Å². The molecule has 0 amide bonds. The van der Waals surface area contributed by atoms with Crippen LogP contribution >= 0.6 is 0 Å². The third-order valence-corrected chi connectivity index (χ3v) is 3.01. The average Bonchev–Trinajstić information content (AvgIpc) is 2.52. The van der Waals surface area contributed by atoms with Gasteiger partial charge in [0.1, 0.15) is 0 Å². The van der Waals surface area contributed by atoms with Gasteiger partial charge >= 0.3 is 0 Å². The Kier molecular flexibility index (Phi) is 3.83. The molecule has 1 saturated heterocycles. The Morgan fingerprint density at radius 1 is 1.54 bits per heavy atom. The molecule has 0 aromatic rings. The van der Waals surface area contributed by atoms with Gasteiger partial charge in [0, 0.05) is 18.3 Å². The van der Waals surface area contributed by atoms with Crippen molar-refractivity contribution in [3.05, 3.63) is 12.3 Å². The number of hydrogen-bond acceptors (Lipinski definition) is 1. The third kappa shape index (κ3) is 2.49. The van der Waals surface area contributed by atoms with E-state index < -0.39 is 0 Å². The number of likely N-dealkylation sites (tertiary alicyclic amines) is 1. The van der Waals surface area contributed by atoms with Crippen LogP contribution in [0.25, 0.3) is 0 Å². The molecule has 76 valence electrons. The van der Waals surface area contributed by atoms with Gasteiger partial charge in [-0.05, 0) is 25.2 Å². The van der Waals surface area contributed by atoms with Gasteiger partial charge in [-0.3, -0.25) is 0 Å². The smallest absolute Gasteiger partial charge is 0.0310 e. The van der Waals surface area contributed by atoms with Crippen molar-refractivity contribution in [1.82, 2.24) is 4.90 Å². The average molecular weight is 181 g/mol. The highest BCUT2D eigenvalue weighted by Gasteiger charge is 2.27. The fourth-order valence-corrected chi connectivity index (χ4v) is 2.31. The number of rotatable bonds is 4. The Bertz CT molecular complexity index is 172. The van der Waals surface area contributed by atoms with Crippen molar-refractivity contribution in [2.24, 2.45) is 5.92 Å². The summed E-state index contributed by atoms with van der Waals surface area (Å²) in [6.45, 7) is 12.3. The molecule has 1 aliphatic rings. The molecule has 0 aromatic heterocycles. The molecule has 1 atom stereocenters. The largest absolute Gasteiger partial charge is 0.372 e. The Morgan fingerprint density at radius 3 is 2.77 bits per heavy atom. The standard InChI is InChI=1S/C12H23N/c1-5-7-11(4)13-9-6-8-12(13)10(2)3/h10,12H,4-9H2,1-3H3. The summed E-state index contributed by atoms with van der Waals surface area (Å²) >= 11 is 0. The molecule has 0 aliphatic carbocycles. The summed E-state index contributed by atoms with van der Waals surface area (Å²) in [4.78, 5) is 2.54. The lowest BCUT2D eigenvalue weighted by Gasteiger charge is -2.31. The van der Waals surface area contributed by atoms with E-state index in [1.165, 1.54) is 37.9 Å². The summed E-state index contributed by atoms with van der Waals surface area (Å²) in [5, 5.41) is 0. The Labute approximate surface area is 82.8 Å². The van der Waals surface area contributed by atoms with Crippen LogP contribution in [0.3, 0.4) is 0 Å². The fourth-order valence-electron chi connectivity index (χ4n) is 2.31. The number of nitrogens with zero attached hydrogens (tertiary/aromatic N) is 1. The van der Waals surface area contributed by atoms with Gasteiger partial charge < -0.3 is 4.90 Å². The Hall–Kier alpha value is -0.460. The van der Waals surface area contributed by atoms with E-state index in [9.17, 15) is 0 Å². The lowest BCUT2D eigenvalue weighted by Crippen LogP contribution is -2.32. The van der Waals surface area contributed by atoms with E-state index in [0.29, 0.717) is 0 Å². The first-order valence-electron chi connectivity index (χ1n) is 5.61. The van der Waals surface area contributed by atoms with Crippen molar-refractivity contribution in [3.63, 3.8) is 0 Å². The first-order chi connectivity index (χ1) is 6.16. The molecule has 0 spiro atoms. The van der Waals surface area contributed by atoms with Crippen LogP contribution in [-0.4, -0.2) is 17.5 Å². The molecule has 0 bridgehead atoms. The fraction of sp³-hybridized carbons (Fsp3) is 0.833. The van der Waals surface area contributed by atoms with Gasteiger partial charge in [0.15, 0.2) is 0 Å². The summed E-state index contributed by atoms with van der Waals surface area (Å²) in [5.74, 6) is 0.774. The lowest BCUT2D eigenvalue weighted by atomic mass is 10.0. The molecule has 1 aliphatic heterocycles. The minimum atomic E-state index is 0.763. The maximum Gasteiger partial charge on any atom is 0.0310 e. The van der Waals surface area contributed by atoms with Gasteiger partial charge in [-0.25, -0.2) is 0 Å². The first-order valence-corrected chi connectivity index (χ1v) is 5.61. The molecule has 1 heterocycles. The molecule has 1 fully saturated rings. The highest BCUT2D eigenvalue weighted by atomic mass is 15.2. The van der Waals surface area contributed by atoms with Crippen molar-refractivity contribution in [2.75, 3.05) is 6.54 Å². The minimum absolute atomic E-state index is 0.763. The number of allylic oxidation sites excluding steroid dienone is 1. The number of hydrogen-bond donors (Lipinski definition) is 0.